The predicted octanol–water partition coefficient (Wildman–Crippen LogP) is 4.15. The van der Waals surface area contributed by atoms with Gasteiger partial charge in [0.1, 0.15) is 23.9 Å². The third kappa shape index (κ3) is 7.45. The van der Waals surface area contributed by atoms with Gasteiger partial charge in [-0.1, -0.05) is 55.7 Å². The fourth-order valence-electron chi connectivity index (χ4n) is 4.56. The lowest BCUT2D eigenvalue weighted by Gasteiger charge is -2.27. The second-order valence-electron chi connectivity index (χ2n) is 9.16. The Morgan fingerprint density at radius 2 is 1.57 bits per heavy atom. The Hall–Kier alpha value is -3.59. The molecule has 3 aromatic carbocycles. The summed E-state index contributed by atoms with van der Waals surface area (Å²) < 4.78 is 25.8. The second kappa shape index (κ2) is 12.6. The van der Waals surface area contributed by atoms with Gasteiger partial charge in [0.05, 0.1) is 5.69 Å². The monoisotopic (exact) mass is 523 g/mol. The zero-order valence-electron chi connectivity index (χ0n) is 20.5. The van der Waals surface area contributed by atoms with Gasteiger partial charge in [0.25, 0.3) is 0 Å². The van der Waals surface area contributed by atoms with E-state index in [1.807, 2.05) is 36.4 Å². The Morgan fingerprint density at radius 3 is 2.32 bits per heavy atom. The number of carbonyl (C=O) groups excluding carboxylic acids is 3. The Bertz CT molecular complexity index is 1290. The highest BCUT2D eigenvalue weighted by Gasteiger charge is 2.25. The molecule has 1 atom stereocenters. The van der Waals surface area contributed by atoms with Crippen molar-refractivity contribution in [3.8, 4) is 0 Å². The summed E-state index contributed by atoms with van der Waals surface area (Å²) in [5.41, 5.74) is 0.918. The van der Waals surface area contributed by atoms with Gasteiger partial charge in [-0.25, -0.2) is 4.39 Å². The van der Waals surface area contributed by atoms with Crippen LogP contribution in [0.3, 0.4) is 0 Å². The Kier molecular flexibility index (Phi) is 9.00. The van der Waals surface area contributed by atoms with E-state index in [2.05, 4.69) is 10.6 Å². The van der Waals surface area contributed by atoms with E-state index in [1.165, 1.54) is 29.2 Å². The van der Waals surface area contributed by atoms with Crippen LogP contribution >= 0.6 is 0 Å². The van der Waals surface area contributed by atoms with Crippen LogP contribution in [-0.4, -0.2) is 46.0 Å². The fourth-order valence-corrected chi connectivity index (χ4v) is 5.46. The third-order valence-electron chi connectivity index (χ3n) is 6.33. The van der Waals surface area contributed by atoms with Crippen LogP contribution in [0.5, 0.6) is 0 Å². The summed E-state index contributed by atoms with van der Waals surface area (Å²) in [5, 5.41) is 7.29. The Balaban J connectivity index is 1.47. The number of anilines is 2. The van der Waals surface area contributed by atoms with Crippen molar-refractivity contribution in [3.05, 3.63) is 72.5 Å². The highest BCUT2D eigenvalue weighted by atomic mass is 32.2. The van der Waals surface area contributed by atoms with Crippen LogP contribution in [0.4, 0.5) is 15.8 Å². The summed E-state index contributed by atoms with van der Waals surface area (Å²) >= 11 is 0. The average Bonchev–Trinajstić information content (AvgIpc) is 2.88. The first-order chi connectivity index (χ1) is 17.9. The van der Waals surface area contributed by atoms with Crippen molar-refractivity contribution >= 4 is 50.7 Å². The summed E-state index contributed by atoms with van der Waals surface area (Å²) in [6, 6.07) is 18.3. The van der Waals surface area contributed by atoms with Gasteiger partial charge in [-0.2, -0.15) is 0 Å². The molecule has 7 nitrogen and oxygen atoms in total. The number of benzene rings is 3. The minimum absolute atomic E-state index is 0.0926. The summed E-state index contributed by atoms with van der Waals surface area (Å²) in [7, 11) is -1.82. The van der Waals surface area contributed by atoms with Crippen LogP contribution < -0.4 is 15.5 Å². The zero-order chi connectivity index (χ0) is 26.2. The molecule has 194 valence electrons. The molecule has 0 heterocycles. The normalized spacial score (nSPS) is 14.6. The molecule has 3 amide bonds. The highest BCUT2D eigenvalue weighted by Crippen LogP contribution is 2.27. The smallest absolute Gasteiger partial charge is 0.240 e. The van der Waals surface area contributed by atoms with Gasteiger partial charge in [0, 0.05) is 27.9 Å². The van der Waals surface area contributed by atoms with Crippen molar-refractivity contribution in [2.24, 2.45) is 0 Å². The molecule has 0 unspecified atom stereocenters. The quantitative estimate of drug-likeness (QED) is 0.441. The van der Waals surface area contributed by atoms with Crippen molar-refractivity contribution in [1.82, 2.24) is 5.32 Å². The number of rotatable bonds is 9. The molecule has 2 N–H and O–H groups in total. The van der Waals surface area contributed by atoms with E-state index in [0.29, 0.717) is 11.4 Å². The van der Waals surface area contributed by atoms with Crippen LogP contribution in [-0.2, 0) is 25.2 Å². The highest BCUT2D eigenvalue weighted by molar-refractivity contribution is 7.86. The van der Waals surface area contributed by atoms with Crippen LogP contribution in [0.2, 0.25) is 0 Å². The summed E-state index contributed by atoms with van der Waals surface area (Å²) in [5.74, 6) is -2.59. The first-order valence-electron chi connectivity index (χ1n) is 12.4. The van der Waals surface area contributed by atoms with E-state index >= 15 is 0 Å². The van der Waals surface area contributed by atoms with Crippen LogP contribution in [0.15, 0.2) is 66.7 Å². The first kappa shape index (κ1) is 26.5. The molecule has 0 aromatic heterocycles. The fraction of sp³-hybridized carbons (Fsp3) is 0.321. The van der Waals surface area contributed by atoms with E-state index in [9.17, 15) is 23.0 Å². The molecule has 1 fully saturated rings. The van der Waals surface area contributed by atoms with Gasteiger partial charge in [-0.15, -0.1) is 0 Å². The summed E-state index contributed by atoms with van der Waals surface area (Å²) in [4.78, 5) is 40.0. The number of hydrogen-bond acceptors (Lipinski definition) is 4. The second-order valence-corrected chi connectivity index (χ2v) is 10.6. The predicted molar refractivity (Wildman–Crippen MR) is 144 cm³/mol. The van der Waals surface area contributed by atoms with Crippen LogP contribution in [0, 0.1) is 5.82 Å². The first-order valence-corrected chi connectivity index (χ1v) is 13.9. The largest absolute Gasteiger partial charge is 0.352 e. The molecule has 3 aromatic rings. The number of fused-ring (bicyclic) bond motifs is 1. The van der Waals surface area contributed by atoms with Crippen molar-refractivity contribution in [2.45, 2.75) is 38.1 Å². The van der Waals surface area contributed by atoms with Gasteiger partial charge in [-0.3, -0.25) is 18.6 Å². The maximum absolute atomic E-state index is 13.4. The molecule has 0 radical (unpaired) electrons. The number of halogens is 1. The van der Waals surface area contributed by atoms with Gasteiger partial charge in [-0.05, 0) is 48.6 Å². The molecule has 0 spiro atoms. The van der Waals surface area contributed by atoms with Crippen LogP contribution in [0.25, 0.3) is 10.8 Å². The molecule has 37 heavy (non-hydrogen) atoms. The Morgan fingerprint density at radius 1 is 0.865 bits per heavy atom. The lowest BCUT2D eigenvalue weighted by Crippen LogP contribution is -2.46. The standard InChI is InChI=1S/C28H30FN3O4S/c29-21-13-15-23(16-14-21)31-27(34)18-37(36)19-28(35)32(17-26(33)30-22-9-2-1-3-10-22)25-12-6-8-20-7-4-5-11-24(20)25/h4-8,11-16,22H,1-3,9-10,17-19H2,(H,30,33)(H,31,34)/t37-/m0/s1. The van der Waals surface area contributed by atoms with Crippen LogP contribution in [0.1, 0.15) is 32.1 Å². The number of nitrogens with zero attached hydrogens (tertiary/aromatic N) is 1. The third-order valence-corrected chi connectivity index (χ3v) is 7.49. The molecular weight excluding hydrogens is 493 g/mol. The minimum atomic E-state index is -1.82. The van der Waals surface area contributed by atoms with E-state index < -0.39 is 39.9 Å². The molecule has 1 aliphatic rings. The summed E-state index contributed by atoms with van der Waals surface area (Å²) in [6.45, 7) is -0.206. The molecule has 0 bridgehead atoms. The van der Waals surface area contributed by atoms with Crippen molar-refractivity contribution in [3.63, 3.8) is 0 Å². The van der Waals surface area contributed by atoms with Crippen molar-refractivity contribution < 1.29 is 23.0 Å². The number of amides is 3. The van der Waals surface area contributed by atoms with Crippen molar-refractivity contribution in [1.29, 1.82) is 0 Å². The summed E-state index contributed by atoms with van der Waals surface area (Å²) in [6.07, 6.45) is 5.13. The zero-order valence-corrected chi connectivity index (χ0v) is 21.3. The van der Waals surface area contributed by atoms with E-state index in [0.717, 1.165) is 42.9 Å². The molecule has 1 aliphatic carbocycles. The molecule has 0 saturated heterocycles. The Labute approximate surface area is 217 Å². The van der Waals surface area contributed by atoms with E-state index in [1.54, 1.807) is 6.07 Å². The van der Waals surface area contributed by atoms with E-state index in [4.69, 9.17) is 0 Å². The molecule has 0 aliphatic heterocycles. The lowest BCUT2D eigenvalue weighted by atomic mass is 9.95. The van der Waals surface area contributed by atoms with Crippen molar-refractivity contribution in [2.75, 3.05) is 28.3 Å². The van der Waals surface area contributed by atoms with Gasteiger partial charge >= 0.3 is 0 Å². The maximum atomic E-state index is 13.4. The van der Waals surface area contributed by atoms with E-state index in [-0.39, 0.29) is 18.5 Å². The molecule has 1 saturated carbocycles. The minimum Gasteiger partial charge on any atom is -0.352 e. The maximum Gasteiger partial charge on any atom is 0.240 e. The van der Waals surface area contributed by atoms with Gasteiger partial charge in [0.2, 0.25) is 17.7 Å². The number of carbonyl (C=O) groups is 3. The molecular formula is C28H30FN3O4S. The van der Waals surface area contributed by atoms with Gasteiger partial charge in [0.15, 0.2) is 0 Å². The molecule has 9 heteroatoms. The molecule has 4 rings (SSSR count). The average molecular weight is 524 g/mol. The van der Waals surface area contributed by atoms with Gasteiger partial charge < -0.3 is 15.5 Å². The SMILES string of the molecule is O=C(C[S@](=O)CC(=O)N(CC(=O)NC1CCCCC1)c1cccc2ccccc12)Nc1ccc(F)cc1. The topological polar surface area (TPSA) is 95.6 Å². The number of nitrogens with one attached hydrogen (secondary N) is 2. The number of hydrogen-bond donors (Lipinski definition) is 2. The lowest BCUT2D eigenvalue weighted by molar-refractivity contribution is -0.123.